The minimum atomic E-state index is -0.0759. The van der Waals surface area contributed by atoms with Crippen molar-refractivity contribution in [3.63, 3.8) is 0 Å². The van der Waals surface area contributed by atoms with E-state index in [1.165, 1.54) is 0 Å². The number of hydrogen-bond acceptors (Lipinski definition) is 4. The predicted octanol–water partition coefficient (Wildman–Crippen LogP) is 5.10. The number of carbonyl (C=O) groups is 2. The lowest BCUT2D eigenvalue weighted by molar-refractivity contribution is -0.126. The Morgan fingerprint density at radius 1 is 1.03 bits per heavy atom. The van der Waals surface area contributed by atoms with Gasteiger partial charge in [-0.3, -0.25) is 14.6 Å². The molecule has 0 atom stereocenters. The summed E-state index contributed by atoms with van der Waals surface area (Å²) in [7, 11) is 0. The summed E-state index contributed by atoms with van der Waals surface area (Å²) in [6, 6.07) is 21.3. The van der Waals surface area contributed by atoms with E-state index < -0.39 is 0 Å². The van der Waals surface area contributed by atoms with Gasteiger partial charge in [0.1, 0.15) is 5.75 Å². The van der Waals surface area contributed by atoms with Gasteiger partial charge in [0.05, 0.1) is 12.3 Å². The van der Waals surface area contributed by atoms with Gasteiger partial charge in [-0.05, 0) is 49.1 Å². The van der Waals surface area contributed by atoms with Gasteiger partial charge in [0.25, 0.3) is 5.91 Å². The maximum Gasteiger partial charge on any atom is 0.253 e. The summed E-state index contributed by atoms with van der Waals surface area (Å²) in [4.78, 5) is 32.0. The zero-order chi connectivity index (χ0) is 24.5. The summed E-state index contributed by atoms with van der Waals surface area (Å²) in [5.41, 5.74) is 3.44. The Morgan fingerprint density at radius 2 is 1.77 bits per heavy atom. The van der Waals surface area contributed by atoms with Crippen LogP contribution in [0, 0.1) is 5.92 Å². The molecule has 0 bridgehead atoms. The Bertz CT molecular complexity index is 1110. The van der Waals surface area contributed by atoms with Crippen molar-refractivity contribution in [1.82, 2.24) is 15.2 Å². The molecular formula is C29H33N3O3. The number of nitrogens with zero attached hydrogens (tertiary/aromatic N) is 2. The first kappa shape index (κ1) is 24.5. The van der Waals surface area contributed by atoms with Crippen LogP contribution in [-0.2, 0) is 11.3 Å². The molecule has 0 aliphatic carbocycles. The van der Waals surface area contributed by atoms with Crippen molar-refractivity contribution < 1.29 is 14.3 Å². The van der Waals surface area contributed by atoms with Gasteiger partial charge in [0, 0.05) is 42.9 Å². The standard InChI is InChI=1S/C29H33N3O3/c1-2-3-19-35-26-11-9-22(10-12-26)21-31-28(33)24-14-17-32(18-15-24)29(34)25-13-16-30-27(20-25)23-7-5-4-6-8-23/h4-13,16,20,24H,2-3,14-15,17-19,21H2,1H3,(H,31,33). The zero-order valence-corrected chi connectivity index (χ0v) is 20.3. The summed E-state index contributed by atoms with van der Waals surface area (Å²) in [6.45, 7) is 4.50. The van der Waals surface area contributed by atoms with E-state index in [1.807, 2.05) is 65.6 Å². The number of aromatic nitrogens is 1. The average molecular weight is 472 g/mol. The molecule has 0 unspecified atom stereocenters. The quantitative estimate of drug-likeness (QED) is 0.441. The summed E-state index contributed by atoms with van der Waals surface area (Å²) >= 11 is 0. The van der Waals surface area contributed by atoms with Crippen molar-refractivity contribution in [1.29, 1.82) is 0 Å². The number of amides is 2. The predicted molar refractivity (Wildman–Crippen MR) is 137 cm³/mol. The lowest BCUT2D eigenvalue weighted by Crippen LogP contribution is -2.42. The molecule has 0 spiro atoms. The molecule has 182 valence electrons. The second-order valence-electron chi connectivity index (χ2n) is 8.93. The highest BCUT2D eigenvalue weighted by Crippen LogP contribution is 2.22. The van der Waals surface area contributed by atoms with E-state index in [-0.39, 0.29) is 17.7 Å². The summed E-state index contributed by atoms with van der Waals surface area (Å²) in [6.07, 6.45) is 5.16. The van der Waals surface area contributed by atoms with E-state index in [4.69, 9.17) is 4.74 Å². The molecule has 3 aromatic rings. The lowest BCUT2D eigenvalue weighted by Gasteiger charge is -2.31. The van der Waals surface area contributed by atoms with Gasteiger partial charge in [0.2, 0.25) is 5.91 Å². The molecule has 1 aliphatic rings. The van der Waals surface area contributed by atoms with Crippen LogP contribution >= 0.6 is 0 Å². The Kier molecular flexibility index (Phi) is 8.49. The molecule has 2 amide bonds. The maximum absolute atomic E-state index is 13.1. The molecule has 2 aromatic carbocycles. The van der Waals surface area contributed by atoms with E-state index in [1.54, 1.807) is 12.3 Å². The number of pyridine rings is 1. The number of nitrogens with one attached hydrogen (secondary N) is 1. The Morgan fingerprint density at radius 3 is 2.49 bits per heavy atom. The highest BCUT2D eigenvalue weighted by atomic mass is 16.5. The summed E-state index contributed by atoms with van der Waals surface area (Å²) in [5, 5.41) is 3.05. The van der Waals surface area contributed by atoms with Crippen LogP contribution in [0.5, 0.6) is 5.75 Å². The molecule has 6 nitrogen and oxygen atoms in total. The van der Waals surface area contributed by atoms with Crippen molar-refractivity contribution in [3.05, 3.63) is 84.1 Å². The average Bonchev–Trinajstić information content (AvgIpc) is 2.93. The second kappa shape index (κ2) is 12.2. The SMILES string of the molecule is CCCCOc1ccc(CNC(=O)C2CCN(C(=O)c3ccnc(-c4ccccc4)c3)CC2)cc1. The fraction of sp³-hybridized carbons (Fsp3) is 0.345. The Balaban J connectivity index is 1.25. The molecule has 0 saturated carbocycles. The number of carbonyl (C=O) groups excluding carboxylic acids is 2. The van der Waals surface area contributed by atoms with Gasteiger partial charge in [0.15, 0.2) is 0 Å². The second-order valence-corrected chi connectivity index (χ2v) is 8.93. The molecule has 1 N–H and O–H groups in total. The fourth-order valence-electron chi connectivity index (χ4n) is 4.23. The maximum atomic E-state index is 13.1. The number of benzene rings is 2. The summed E-state index contributed by atoms with van der Waals surface area (Å²) in [5.74, 6) is 0.823. The van der Waals surface area contributed by atoms with E-state index in [2.05, 4.69) is 17.2 Å². The number of likely N-dealkylation sites (tertiary alicyclic amines) is 1. The molecule has 1 aromatic heterocycles. The third kappa shape index (κ3) is 6.69. The molecule has 1 aliphatic heterocycles. The Labute approximate surface area is 207 Å². The molecule has 2 heterocycles. The first-order valence-corrected chi connectivity index (χ1v) is 12.4. The smallest absolute Gasteiger partial charge is 0.253 e. The van der Waals surface area contributed by atoms with Crippen LogP contribution in [-0.4, -0.2) is 41.4 Å². The van der Waals surface area contributed by atoms with E-state index in [0.29, 0.717) is 38.0 Å². The van der Waals surface area contributed by atoms with Crippen LogP contribution in [0.15, 0.2) is 72.9 Å². The fourth-order valence-corrected chi connectivity index (χ4v) is 4.23. The van der Waals surface area contributed by atoms with Gasteiger partial charge in [-0.15, -0.1) is 0 Å². The van der Waals surface area contributed by atoms with Gasteiger partial charge in [-0.1, -0.05) is 55.8 Å². The monoisotopic (exact) mass is 471 g/mol. The number of ether oxygens (including phenoxy) is 1. The minimum absolute atomic E-state index is 0.00955. The molecule has 4 rings (SSSR count). The van der Waals surface area contributed by atoms with E-state index in [9.17, 15) is 9.59 Å². The number of hydrogen-bond donors (Lipinski definition) is 1. The first-order chi connectivity index (χ1) is 17.1. The van der Waals surface area contributed by atoms with Crippen molar-refractivity contribution in [2.45, 2.75) is 39.2 Å². The topological polar surface area (TPSA) is 71.5 Å². The van der Waals surface area contributed by atoms with Crippen LogP contribution in [0.3, 0.4) is 0 Å². The van der Waals surface area contributed by atoms with Gasteiger partial charge in [-0.25, -0.2) is 0 Å². The van der Waals surface area contributed by atoms with Gasteiger partial charge >= 0.3 is 0 Å². The van der Waals surface area contributed by atoms with Crippen LogP contribution in [0.25, 0.3) is 11.3 Å². The number of rotatable bonds is 9. The molecule has 0 radical (unpaired) electrons. The van der Waals surface area contributed by atoms with Crippen LogP contribution in [0.2, 0.25) is 0 Å². The van der Waals surface area contributed by atoms with Crippen molar-refractivity contribution in [3.8, 4) is 17.0 Å². The van der Waals surface area contributed by atoms with E-state index >= 15 is 0 Å². The Hall–Kier alpha value is -3.67. The number of piperidine rings is 1. The van der Waals surface area contributed by atoms with Crippen LogP contribution in [0.4, 0.5) is 0 Å². The zero-order valence-electron chi connectivity index (χ0n) is 20.3. The molecule has 35 heavy (non-hydrogen) atoms. The van der Waals surface area contributed by atoms with E-state index in [0.717, 1.165) is 42.0 Å². The van der Waals surface area contributed by atoms with Crippen LogP contribution in [0.1, 0.15) is 48.5 Å². The highest BCUT2D eigenvalue weighted by molar-refractivity contribution is 5.95. The third-order valence-electron chi connectivity index (χ3n) is 6.39. The lowest BCUT2D eigenvalue weighted by atomic mass is 9.95. The minimum Gasteiger partial charge on any atom is -0.494 e. The van der Waals surface area contributed by atoms with Crippen molar-refractivity contribution in [2.75, 3.05) is 19.7 Å². The van der Waals surface area contributed by atoms with Crippen LogP contribution < -0.4 is 10.1 Å². The highest BCUT2D eigenvalue weighted by Gasteiger charge is 2.28. The number of unbranched alkanes of at least 4 members (excludes halogenated alkanes) is 1. The van der Waals surface area contributed by atoms with Crippen molar-refractivity contribution in [2.24, 2.45) is 5.92 Å². The van der Waals surface area contributed by atoms with Gasteiger partial charge in [-0.2, -0.15) is 0 Å². The van der Waals surface area contributed by atoms with Gasteiger partial charge < -0.3 is 15.0 Å². The first-order valence-electron chi connectivity index (χ1n) is 12.4. The summed E-state index contributed by atoms with van der Waals surface area (Å²) < 4.78 is 5.69. The largest absolute Gasteiger partial charge is 0.494 e. The molecule has 1 saturated heterocycles. The molecule has 6 heteroatoms. The molecule has 1 fully saturated rings. The normalized spacial score (nSPS) is 13.9. The molecular weight excluding hydrogens is 438 g/mol. The van der Waals surface area contributed by atoms with Crippen molar-refractivity contribution >= 4 is 11.8 Å². The third-order valence-corrected chi connectivity index (χ3v) is 6.39.